The Morgan fingerprint density at radius 1 is 1.43 bits per heavy atom. The summed E-state index contributed by atoms with van der Waals surface area (Å²) in [5.41, 5.74) is 0.989. The van der Waals surface area contributed by atoms with E-state index in [2.05, 4.69) is 32.9 Å². The van der Waals surface area contributed by atoms with Gasteiger partial charge in [0.25, 0.3) is 0 Å². The first kappa shape index (κ1) is 16.2. The lowest BCUT2D eigenvalue weighted by Gasteiger charge is -2.19. The third kappa shape index (κ3) is 3.74. The molecule has 0 atom stereocenters. The van der Waals surface area contributed by atoms with E-state index in [-0.39, 0.29) is 5.97 Å². The van der Waals surface area contributed by atoms with Crippen molar-refractivity contribution in [1.29, 1.82) is 0 Å². The number of carbonyl (C=O) groups is 1. The average Bonchev–Trinajstić information content (AvgIpc) is 2.91. The number of nitrogens with one attached hydrogen (secondary N) is 1. The number of benzene rings is 1. The summed E-state index contributed by atoms with van der Waals surface area (Å²) in [6.07, 6.45) is 0. The third-order valence-corrected chi connectivity index (χ3v) is 4.74. The Morgan fingerprint density at radius 3 is 2.81 bits per heavy atom. The number of esters is 1. The molecule has 0 aliphatic heterocycles. The molecule has 0 amide bonds. The van der Waals surface area contributed by atoms with Crippen LogP contribution in [0.3, 0.4) is 0 Å². The lowest BCUT2D eigenvalue weighted by molar-refractivity contribution is -0.148. The molecule has 6 heteroatoms. The number of thiazole rings is 1. The molecular formula is C15H17IN2O2S. The first-order chi connectivity index (χ1) is 9.95. The number of anilines is 2. The van der Waals surface area contributed by atoms with Crippen LogP contribution in [0.4, 0.5) is 10.8 Å². The molecule has 1 aromatic heterocycles. The summed E-state index contributed by atoms with van der Waals surface area (Å²) >= 11 is 3.75. The zero-order valence-corrected chi connectivity index (χ0v) is 15.1. The summed E-state index contributed by atoms with van der Waals surface area (Å²) in [6.45, 7) is 5.84. The number of halogens is 1. The van der Waals surface area contributed by atoms with Gasteiger partial charge in [0.05, 0.1) is 18.0 Å². The second-order valence-corrected chi connectivity index (χ2v) is 7.01. The molecule has 1 N–H and O–H groups in total. The minimum atomic E-state index is -0.740. The van der Waals surface area contributed by atoms with Gasteiger partial charge in [0.15, 0.2) is 5.13 Å². The summed E-state index contributed by atoms with van der Waals surface area (Å²) in [4.78, 5) is 16.5. The highest BCUT2D eigenvalue weighted by molar-refractivity contribution is 14.1. The van der Waals surface area contributed by atoms with Crippen LogP contribution in [0.1, 0.15) is 26.5 Å². The Kier molecular flexibility index (Phi) is 5.21. The van der Waals surface area contributed by atoms with E-state index >= 15 is 0 Å². The van der Waals surface area contributed by atoms with Crippen molar-refractivity contribution in [2.45, 2.75) is 26.2 Å². The fraction of sp³-hybridized carbons (Fsp3) is 0.333. The average molecular weight is 416 g/mol. The van der Waals surface area contributed by atoms with Gasteiger partial charge in [-0.05, 0) is 55.5 Å². The van der Waals surface area contributed by atoms with E-state index in [0.717, 1.165) is 20.1 Å². The second kappa shape index (κ2) is 6.74. The molecule has 0 saturated heterocycles. The number of ether oxygens (including phenoxy) is 1. The smallest absolute Gasteiger partial charge is 0.317 e. The van der Waals surface area contributed by atoms with Crippen molar-refractivity contribution < 1.29 is 9.53 Å². The molecule has 4 nitrogen and oxygen atoms in total. The van der Waals surface area contributed by atoms with Crippen LogP contribution in [0.25, 0.3) is 0 Å². The molecule has 21 heavy (non-hydrogen) atoms. The van der Waals surface area contributed by atoms with Crippen LogP contribution >= 0.6 is 33.9 Å². The Bertz CT molecular complexity index is 640. The molecule has 0 saturated carbocycles. The standard InChI is InChI=1S/C15H17IN2O2S/c1-4-20-13(19)15(2,3)12-9-21-14(18-12)17-11-8-6-5-7-10(11)16/h5-9H,4H2,1-3H3,(H,17,18). The van der Waals surface area contributed by atoms with Crippen LogP contribution in [0, 0.1) is 3.57 Å². The van der Waals surface area contributed by atoms with Crippen molar-refractivity contribution in [3.05, 3.63) is 38.9 Å². The molecule has 0 aliphatic rings. The number of hydrogen-bond donors (Lipinski definition) is 1. The molecule has 112 valence electrons. The van der Waals surface area contributed by atoms with E-state index < -0.39 is 5.41 Å². The van der Waals surface area contributed by atoms with Gasteiger partial charge in [0, 0.05) is 8.95 Å². The summed E-state index contributed by atoms with van der Waals surface area (Å²) in [7, 11) is 0. The number of aromatic nitrogens is 1. The van der Waals surface area contributed by atoms with Gasteiger partial charge in [-0.15, -0.1) is 11.3 Å². The molecule has 2 rings (SSSR count). The van der Waals surface area contributed by atoms with Crippen LogP contribution in [0.15, 0.2) is 29.6 Å². The molecule has 1 aromatic carbocycles. The summed E-state index contributed by atoms with van der Waals surface area (Å²) in [6, 6.07) is 7.99. The number of carbonyl (C=O) groups excluding carboxylic acids is 1. The Hall–Kier alpha value is -1.15. The quantitative estimate of drug-likeness (QED) is 0.583. The Balaban J connectivity index is 2.18. The second-order valence-electron chi connectivity index (χ2n) is 4.99. The van der Waals surface area contributed by atoms with Crippen LogP contribution in [0.2, 0.25) is 0 Å². The molecule has 0 unspecified atom stereocenters. The van der Waals surface area contributed by atoms with Crippen LogP contribution in [-0.4, -0.2) is 17.6 Å². The van der Waals surface area contributed by atoms with Gasteiger partial charge in [-0.2, -0.15) is 0 Å². The molecule has 0 bridgehead atoms. The van der Waals surface area contributed by atoms with Crippen LogP contribution in [0.5, 0.6) is 0 Å². The fourth-order valence-electron chi connectivity index (χ4n) is 1.71. The fourth-order valence-corrected chi connectivity index (χ4v) is 3.12. The molecule has 0 radical (unpaired) electrons. The maximum atomic E-state index is 12.0. The summed E-state index contributed by atoms with van der Waals surface area (Å²) in [5, 5.41) is 5.95. The Morgan fingerprint density at radius 2 is 2.14 bits per heavy atom. The van der Waals surface area contributed by atoms with E-state index in [1.165, 1.54) is 11.3 Å². The van der Waals surface area contributed by atoms with E-state index in [0.29, 0.717) is 6.61 Å². The molecule has 0 spiro atoms. The van der Waals surface area contributed by atoms with E-state index in [1.54, 1.807) is 6.92 Å². The van der Waals surface area contributed by atoms with Gasteiger partial charge < -0.3 is 10.1 Å². The van der Waals surface area contributed by atoms with Crippen LogP contribution < -0.4 is 5.32 Å². The highest BCUT2D eigenvalue weighted by Crippen LogP contribution is 2.30. The SMILES string of the molecule is CCOC(=O)C(C)(C)c1csc(Nc2ccccc2I)n1. The lowest BCUT2D eigenvalue weighted by atomic mass is 9.90. The first-order valence-electron chi connectivity index (χ1n) is 6.60. The number of hydrogen-bond acceptors (Lipinski definition) is 5. The zero-order chi connectivity index (χ0) is 15.5. The van der Waals surface area contributed by atoms with Crippen molar-refractivity contribution in [1.82, 2.24) is 4.98 Å². The highest BCUT2D eigenvalue weighted by atomic mass is 127. The zero-order valence-electron chi connectivity index (χ0n) is 12.1. The molecule has 0 aliphatic carbocycles. The topological polar surface area (TPSA) is 51.2 Å². The lowest BCUT2D eigenvalue weighted by Crippen LogP contribution is -2.31. The predicted octanol–water partition coefficient (Wildman–Crippen LogP) is 4.33. The van der Waals surface area contributed by atoms with Crippen molar-refractivity contribution in [3.63, 3.8) is 0 Å². The van der Waals surface area contributed by atoms with Crippen molar-refractivity contribution in [2.24, 2.45) is 0 Å². The Labute approximate surface area is 142 Å². The van der Waals surface area contributed by atoms with Gasteiger partial charge in [-0.25, -0.2) is 4.98 Å². The van der Waals surface area contributed by atoms with Crippen molar-refractivity contribution in [2.75, 3.05) is 11.9 Å². The molecule has 1 heterocycles. The number of para-hydroxylation sites is 1. The monoisotopic (exact) mass is 416 g/mol. The maximum Gasteiger partial charge on any atom is 0.317 e. The molecular weight excluding hydrogens is 399 g/mol. The minimum Gasteiger partial charge on any atom is -0.465 e. The summed E-state index contributed by atoms with van der Waals surface area (Å²) < 4.78 is 6.23. The third-order valence-electron chi connectivity index (χ3n) is 3.05. The maximum absolute atomic E-state index is 12.0. The minimum absolute atomic E-state index is 0.254. The number of rotatable bonds is 5. The van der Waals surface area contributed by atoms with Crippen LogP contribution in [-0.2, 0) is 14.9 Å². The first-order valence-corrected chi connectivity index (χ1v) is 8.55. The molecule has 2 aromatic rings. The summed E-state index contributed by atoms with van der Waals surface area (Å²) in [5.74, 6) is -0.254. The molecule has 0 fully saturated rings. The van der Waals surface area contributed by atoms with Crippen molar-refractivity contribution in [3.8, 4) is 0 Å². The predicted molar refractivity (Wildman–Crippen MR) is 94.2 cm³/mol. The number of nitrogens with zero attached hydrogens (tertiary/aromatic N) is 1. The van der Waals surface area contributed by atoms with Gasteiger partial charge in [0.2, 0.25) is 0 Å². The van der Waals surface area contributed by atoms with Crippen molar-refractivity contribution >= 4 is 50.7 Å². The highest BCUT2D eigenvalue weighted by Gasteiger charge is 2.33. The van der Waals surface area contributed by atoms with Gasteiger partial charge in [0.1, 0.15) is 5.41 Å². The van der Waals surface area contributed by atoms with Gasteiger partial charge in [-0.3, -0.25) is 4.79 Å². The van der Waals surface area contributed by atoms with Gasteiger partial charge in [-0.1, -0.05) is 12.1 Å². The van der Waals surface area contributed by atoms with E-state index in [9.17, 15) is 4.79 Å². The largest absolute Gasteiger partial charge is 0.465 e. The van der Waals surface area contributed by atoms with Gasteiger partial charge >= 0.3 is 5.97 Å². The normalized spacial score (nSPS) is 11.2. The van der Waals surface area contributed by atoms with E-state index in [1.807, 2.05) is 43.5 Å². The van der Waals surface area contributed by atoms with E-state index in [4.69, 9.17) is 4.74 Å².